The van der Waals surface area contributed by atoms with Crippen LogP contribution in [0.1, 0.15) is 46.5 Å². The highest BCUT2D eigenvalue weighted by molar-refractivity contribution is 8.00. The van der Waals surface area contributed by atoms with Crippen LogP contribution in [0, 0.1) is 13.8 Å². The van der Waals surface area contributed by atoms with Crippen molar-refractivity contribution < 1.29 is 19.5 Å². The molecule has 0 aromatic heterocycles. The van der Waals surface area contributed by atoms with Gasteiger partial charge in [0.25, 0.3) is 11.8 Å². The van der Waals surface area contributed by atoms with Crippen molar-refractivity contribution >= 4 is 29.5 Å². The minimum Gasteiger partial charge on any atom is -0.381 e. The summed E-state index contributed by atoms with van der Waals surface area (Å²) in [4.78, 5) is 41.8. The van der Waals surface area contributed by atoms with Gasteiger partial charge < -0.3 is 20.6 Å². The van der Waals surface area contributed by atoms with Crippen LogP contribution in [-0.2, 0) is 22.6 Å². The average Bonchev–Trinajstić information content (AvgIpc) is 3.27. The summed E-state index contributed by atoms with van der Waals surface area (Å²) in [6, 6.07) is 22.7. The molecule has 0 bridgehead atoms. The number of hydrogen-bond donors (Lipinski definition) is 3. The lowest BCUT2D eigenvalue weighted by Gasteiger charge is -2.33. The third kappa shape index (κ3) is 6.92. The Bertz CT molecular complexity index is 1340. The fraction of sp³-hybridized carbons (Fsp3) is 0.344. The SMILES string of the molecule is Cc1ccc(C(=O)NC(Cc2ccccc2)[C@H](O)C(=O)N2CSC(C)(C)[C@H]2C(=O)NCc2ccccc2C)cc1. The Morgan fingerprint density at radius 3 is 2.30 bits per heavy atom. The third-order valence-electron chi connectivity index (χ3n) is 7.35. The first-order valence-electron chi connectivity index (χ1n) is 13.4. The molecule has 1 unspecified atom stereocenters. The van der Waals surface area contributed by atoms with E-state index < -0.39 is 28.8 Å². The largest absolute Gasteiger partial charge is 0.381 e. The fourth-order valence-corrected chi connectivity index (χ4v) is 6.05. The van der Waals surface area contributed by atoms with Crippen molar-refractivity contribution in [2.75, 3.05) is 5.88 Å². The summed E-state index contributed by atoms with van der Waals surface area (Å²) < 4.78 is -0.564. The van der Waals surface area contributed by atoms with Crippen LogP contribution in [0.3, 0.4) is 0 Å². The van der Waals surface area contributed by atoms with Crippen molar-refractivity contribution in [2.24, 2.45) is 0 Å². The molecule has 4 rings (SSSR count). The molecule has 0 aliphatic carbocycles. The van der Waals surface area contributed by atoms with E-state index in [1.54, 1.807) is 12.1 Å². The summed E-state index contributed by atoms with van der Waals surface area (Å²) in [5.74, 6) is -0.979. The molecule has 1 heterocycles. The van der Waals surface area contributed by atoms with Crippen LogP contribution in [0.4, 0.5) is 0 Å². The van der Waals surface area contributed by atoms with Gasteiger partial charge >= 0.3 is 0 Å². The summed E-state index contributed by atoms with van der Waals surface area (Å²) in [6.45, 7) is 8.12. The fourth-order valence-electron chi connectivity index (χ4n) is 4.91. The van der Waals surface area contributed by atoms with Crippen molar-refractivity contribution in [3.63, 3.8) is 0 Å². The number of aliphatic hydroxyl groups excluding tert-OH is 1. The minimum absolute atomic E-state index is 0.250. The van der Waals surface area contributed by atoms with Crippen molar-refractivity contribution in [1.82, 2.24) is 15.5 Å². The molecule has 8 heteroatoms. The Labute approximate surface area is 240 Å². The van der Waals surface area contributed by atoms with Crippen LogP contribution in [0.15, 0.2) is 78.9 Å². The number of rotatable bonds is 9. The van der Waals surface area contributed by atoms with Gasteiger partial charge in [-0.15, -0.1) is 11.8 Å². The van der Waals surface area contributed by atoms with Crippen LogP contribution in [0.25, 0.3) is 0 Å². The lowest BCUT2D eigenvalue weighted by atomic mass is 9.96. The second-order valence-electron chi connectivity index (χ2n) is 10.8. The number of aryl methyl sites for hydroxylation is 2. The first-order chi connectivity index (χ1) is 19.1. The van der Waals surface area contributed by atoms with E-state index in [0.29, 0.717) is 12.1 Å². The lowest BCUT2D eigenvalue weighted by Crippen LogP contribution is -2.58. The molecule has 7 nitrogen and oxygen atoms in total. The van der Waals surface area contributed by atoms with Crippen LogP contribution >= 0.6 is 11.8 Å². The number of carbonyl (C=O) groups excluding carboxylic acids is 3. The van der Waals surface area contributed by atoms with Gasteiger partial charge in [0, 0.05) is 16.9 Å². The van der Waals surface area contributed by atoms with Crippen molar-refractivity contribution in [3.8, 4) is 0 Å². The number of benzene rings is 3. The van der Waals surface area contributed by atoms with Gasteiger partial charge in [0.15, 0.2) is 6.10 Å². The molecule has 210 valence electrons. The number of nitrogens with zero attached hydrogens (tertiary/aromatic N) is 1. The van der Waals surface area contributed by atoms with Gasteiger partial charge in [0.05, 0.1) is 11.9 Å². The predicted molar refractivity (Wildman–Crippen MR) is 159 cm³/mol. The van der Waals surface area contributed by atoms with E-state index in [4.69, 9.17) is 0 Å². The van der Waals surface area contributed by atoms with E-state index in [9.17, 15) is 19.5 Å². The highest BCUT2D eigenvalue weighted by Gasteiger charge is 2.49. The van der Waals surface area contributed by atoms with Gasteiger partial charge in [-0.2, -0.15) is 0 Å². The third-order valence-corrected chi connectivity index (χ3v) is 8.73. The summed E-state index contributed by atoms with van der Waals surface area (Å²) in [6.07, 6.45) is -1.30. The molecular formula is C32H37N3O4S. The minimum atomic E-state index is -1.55. The zero-order chi connectivity index (χ0) is 28.9. The lowest BCUT2D eigenvalue weighted by molar-refractivity contribution is -0.147. The molecular weight excluding hydrogens is 522 g/mol. The number of amides is 3. The first-order valence-corrected chi connectivity index (χ1v) is 14.4. The molecule has 1 aliphatic rings. The maximum atomic E-state index is 13.8. The second kappa shape index (κ2) is 12.7. The Morgan fingerprint density at radius 2 is 1.62 bits per heavy atom. The van der Waals surface area contributed by atoms with Crippen LogP contribution < -0.4 is 10.6 Å². The number of aliphatic hydroxyl groups is 1. The maximum Gasteiger partial charge on any atom is 0.254 e. The summed E-state index contributed by atoms with van der Waals surface area (Å²) >= 11 is 1.49. The van der Waals surface area contributed by atoms with Gasteiger partial charge in [-0.3, -0.25) is 14.4 Å². The van der Waals surface area contributed by atoms with Crippen LogP contribution in [0.5, 0.6) is 0 Å². The molecule has 3 amide bonds. The number of thioether (sulfide) groups is 1. The van der Waals surface area contributed by atoms with E-state index in [-0.39, 0.29) is 24.1 Å². The zero-order valence-corrected chi connectivity index (χ0v) is 24.2. The van der Waals surface area contributed by atoms with E-state index in [2.05, 4.69) is 10.6 Å². The van der Waals surface area contributed by atoms with E-state index >= 15 is 0 Å². The standard InChI is InChI=1S/C32H37N3O4S/c1-21-14-16-24(17-15-21)29(37)34-26(18-23-11-6-5-7-12-23)27(36)31(39)35-20-40-32(3,4)28(35)30(38)33-19-25-13-9-8-10-22(25)2/h5-17,26-28,36H,18-20H2,1-4H3,(H,33,38)(H,34,37)/t26?,27-,28+/m0/s1. The number of carbonyl (C=O) groups is 3. The monoisotopic (exact) mass is 559 g/mol. The van der Waals surface area contributed by atoms with Gasteiger partial charge in [-0.25, -0.2) is 0 Å². The Hall–Kier alpha value is -3.62. The first kappa shape index (κ1) is 29.4. The zero-order valence-electron chi connectivity index (χ0n) is 23.4. The van der Waals surface area contributed by atoms with Crippen molar-refractivity contribution in [2.45, 2.75) is 63.6 Å². The summed E-state index contributed by atoms with van der Waals surface area (Å²) in [7, 11) is 0. The number of nitrogens with one attached hydrogen (secondary N) is 2. The highest BCUT2D eigenvalue weighted by Crippen LogP contribution is 2.40. The van der Waals surface area contributed by atoms with Crippen LogP contribution in [0.2, 0.25) is 0 Å². The Morgan fingerprint density at radius 1 is 0.975 bits per heavy atom. The number of hydrogen-bond acceptors (Lipinski definition) is 5. The Balaban J connectivity index is 1.54. The van der Waals surface area contributed by atoms with Gasteiger partial charge in [-0.05, 0) is 62.9 Å². The molecule has 3 atom stereocenters. The van der Waals surface area contributed by atoms with E-state index in [1.165, 1.54) is 16.7 Å². The van der Waals surface area contributed by atoms with E-state index in [0.717, 1.165) is 22.3 Å². The molecule has 0 radical (unpaired) electrons. The van der Waals surface area contributed by atoms with Crippen molar-refractivity contribution in [3.05, 3.63) is 107 Å². The quantitative estimate of drug-likeness (QED) is 0.368. The highest BCUT2D eigenvalue weighted by atomic mass is 32.2. The smallest absolute Gasteiger partial charge is 0.254 e. The second-order valence-corrected chi connectivity index (χ2v) is 12.4. The molecule has 3 aromatic rings. The molecule has 3 N–H and O–H groups in total. The van der Waals surface area contributed by atoms with E-state index in [1.807, 2.05) is 94.4 Å². The molecule has 1 fully saturated rings. The molecule has 0 saturated carbocycles. The normalized spacial score (nSPS) is 17.6. The van der Waals surface area contributed by atoms with Gasteiger partial charge in [0.2, 0.25) is 5.91 Å². The predicted octanol–water partition coefficient (Wildman–Crippen LogP) is 4.00. The topological polar surface area (TPSA) is 98.7 Å². The summed E-state index contributed by atoms with van der Waals surface area (Å²) in [5.41, 5.74) is 4.40. The Kier molecular flexibility index (Phi) is 9.32. The maximum absolute atomic E-state index is 13.8. The van der Waals surface area contributed by atoms with Crippen molar-refractivity contribution in [1.29, 1.82) is 0 Å². The van der Waals surface area contributed by atoms with Crippen LogP contribution in [-0.4, -0.2) is 56.5 Å². The molecule has 0 spiro atoms. The van der Waals surface area contributed by atoms with Gasteiger partial charge in [0.1, 0.15) is 6.04 Å². The average molecular weight is 560 g/mol. The molecule has 1 saturated heterocycles. The molecule has 3 aromatic carbocycles. The molecule has 1 aliphatic heterocycles. The molecule has 40 heavy (non-hydrogen) atoms. The van der Waals surface area contributed by atoms with Gasteiger partial charge in [-0.1, -0.05) is 72.3 Å². The summed E-state index contributed by atoms with van der Waals surface area (Å²) in [5, 5.41) is 17.3.